The van der Waals surface area contributed by atoms with Crippen molar-refractivity contribution < 1.29 is 0 Å². The van der Waals surface area contributed by atoms with Crippen LogP contribution in [0.2, 0.25) is 0 Å². The van der Waals surface area contributed by atoms with Crippen LogP contribution in [0.5, 0.6) is 0 Å². The van der Waals surface area contributed by atoms with Crippen molar-refractivity contribution in [3.05, 3.63) is 33.2 Å². The third-order valence-electron chi connectivity index (χ3n) is 4.13. The number of aromatic nitrogens is 1. The van der Waals surface area contributed by atoms with E-state index in [2.05, 4.69) is 11.4 Å². The van der Waals surface area contributed by atoms with E-state index in [0.29, 0.717) is 11.8 Å². The molecule has 3 rings (SSSR count). The van der Waals surface area contributed by atoms with Gasteiger partial charge in [0, 0.05) is 30.3 Å². The predicted octanol–water partition coefficient (Wildman–Crippen LogP) is 1.17. The molecule has 0 aromatic carbocycles. The second-order valence-corrected chi connectivity index (χ2v) is 5.25. The van der Waals surface area contributed by atoms with Crippen LogP contribution in [0.4, 0.5) is 0 Å². The number of piperidine rings is 1. The number of hydrogen-bond donors (Lipinski definition) is 1. The number of pyridine rings is 1. The fraction of sp³-hybridized carbons (Fsp3) is 0.615. The minimum atomic E-state index is 0.228. The highest BCUT2D eigenvalue weighted by molar-refractivity contribution is 5.29. The van der Waals surface area contributed by atoms with Crippen LogP contribution in [-0.4, -0.2) is 17.7 Å². The molecule has 2 unspecified atom stereocenters. The molecule has 3 heteroatoms. The predicted molar refractivity (Wildman–Crippen MR) is 63.9 cm³/mol. The van der Waals surface area contributed by atoms with Gasteiger partial charge < -0.3 is 9.88 Å². The van der Waals surface area contributed by atoms with Gasteiger partial charge in [0.05, 0.1) is 0 Å². The molecule has 0 spiro atoms. The smallest absolute Gasteiger partial charge is 0.253 e. The van der Waals surface area contributed by atoms with Gasteiger partial charge in [-0.2, -0.15) is 0 Å². The molecule has 1 aromatic rings. The van der Waals surface area contributed by atoms with Crippen LogP contribution in [-0.2, 0) is 6.54 Å². The van der Waals surface area contributed by atoms with E-state index < -0.39 is 0 Å². The third kappa shape index (κ3) is 1.34. The van der Waals surface area contributed by atoms with Gasteiger partial charge in [0.25, 0.3) is 5.56 Å². The number of hydrogen-bond acceptors (Lipinski definition) is 2. The zero-order valence-corrected chi connectivity index (χ0v) is 9.92. The fourth-order valence-corrected chi connectivity index (χ4v) is 3.08. The van der Waals surface area contributed by atoms with Gasteiger partial charge in [-0.05, 0) is 44.4 Å². The summed E-state index contributed by atoms with van der Waals surface area (Å²) in [5, 5.41) is 3.47. The Hall–Kier alpha value is -1.09. The Morgan fingerprint density at radius 2 is 2.19 bits per heavy atom. The summed E-state index contributed by atoms with van der Waals surface area (Å²) in [5.74, 6) is 1.19. The molecule has 1 N–H and O–H groups in total. The molecule has 2 aliphatic rings. The fourth-order valence-electron chi connectivity index (χ4n) is 3.08. The molecule has 1 aromatic heterocycles. The van der Waals surface area contributed by atoms with Crippen molar-refractivity contribution in [3.63, 3.8) is 0 Å². The van der Waals surface area contributed by atoms with Gasteiger partial charge in [0.15, 0.2) is 0 Å². The van der Waals surface area contributed by atoms with Crippen molar-refractivity contribution >= 4 is 0 Å². The molecule has 2 bridgehead atoms. The minimum absolute atomic E-state index is 0.228. The highest BCUT2D eigenvalue weighted by Gasteiger charge is 2.31. The Morgan fingerprint density at radius 1 is 1.38 bits per heavy atom. The van der Waals surface area contributed by atoms with Crippen LogP contribution in [0.3, 0.4) is 0 Å². The first-order chi connectivity index (χ1) is 7.66. The molecule has 3 heterocycles. The van der Waals surface area contributed by atoms with Gasteiger partial charge in [0.1, 0.15) is 0 Å². The molecule has 2 atom stereocenters. The summed E-state index contributed by atoms with van der Waals surface area (Å²) in [7, 11) is 0. The van der Waals surface area contributed by atoms with Gasteiger partial charge in [0.2, 0.25) is 0 Å². The van der Waals surface area contributed by atoms with E-state index in [9.17, 15) is 4.79 Å². The first kappa shape index (κ1) is 10.1. The lowest BCUT2D eigenvalue weighted by Gasteiger charge is -2.37. The van der Waals surface area contributed by atoms with E-state index in [1.807, 2.05) is 18.4 Å². The molecule has 2 aliphatic heterocycles. The van der Waals surface area contributed by atoms with Crippen molar-refractivity contribution in [2.24, 2.45) is 5.92 Å². The summed E-state index contributed by atoms with van der Waals surface area (Å²) < 4.78 is 2.02. The average molecular weight is 218 g/mol. The first-order valence-corrected chi connectivity index (χ1v) is 6.08. The van der Waals surface area contributed by atoms with Crippen molar-refractivity contribution in [1.29, 1.82) is 0 Å². The quantitative estimate of drug-likeness (QED) is 0.709. The number of aryl methyl sites for hydroxylation is 1. The lowest BCUT2D eigenvalue weighted by atomic mass is 9.83. The standard InChI is InChI=1S/C13H18N2O/c1-8-3-12-11-4-10(5-14-6-11)7-15(12)13(16)9(8)2/h3,10-11,14H,4-7H2,1-2H3. The molecule has 0 amide bonds. The summed E-state index contributed by atoms with van der Waals surface area (Å²) in [6, 6.07) is 2.21. The van der Waals surface area contributed by atoms with Crippen molar-refractivity contribution in [2.75, 3.05) is 13.1 Å². The zero-order chi connectivity index (χ0) is 11.3. The second kappa shape index (κ2) is 3.45. The van der Waals surface area contributed by atoms with Crippen LogP contribution in [0, 0.1) is 19.8 Å². The third-order valence-corrected chi connectivity index (χ3v) is 4.13. The van der Waals surface area contributed by atoms with Crippen LogP contribution in [0.25, 0.3) is 0 Å². The Bertz CT molecular complexity index is 489. The average Bonchev–Trinajstić information content (AvgIpc) is 2.29. The van der Waals surface area contributed by atoms with E-state index in [-0.39, 0.29) is 5.56 Å². The first-order valence-electron chi connectivity index (χ1n) is 6.08. The summed E-state index contributed by atoms with van der Waals surface area (Å²) >= 11 is 0. The molecule has 0 aliphatic carbocycles. The van der Waals surface area contributed by atoms with E-state index in [4.69, 9.17) is 0 Å². The number of rotatable bonds is 0. The highest BCUT2D eigenvalue weighted by atomic mass is 16.1. The van der Waals surface area contributed by atoms with Crippen molar-refractivity contribution in [2.45, 2.75) is 32.7 Å². The molecular weight excluding hydrogens is 200 g/mol. The molecule has 16 heavy (non-hydrogen) atoms. The van der Waals surface area contributed by atoms with E-state index in [1.54, 1.807) is 0 Å². The summed E-state index contributed by atoms with van der Waals surface area (Å²) in [5.41, 5.74) is 3.53. The SMILES string of the molecule is Cc1cc2n(c(=O)c1C)CC1CNCC2C1. The zero-order valence-electron chi connectivity index (χ0n) is 9.92. The Kier molecular flexibility index (Phi) is 2.18. The lowest BCUT2D eigenvalue weighted by molar-refractivity contribution is 0.256. The van der Waals surface area contributed by atoms with E-state index >= 15 is 0 Å². The molecule has 3 nitrogen and oxygen atoms in total. The lowest BCUT2D eigenvalue weighted by Crippen LogP contribution is -2.45. The maximum atomic E-state index is 12.2. The van der Waals surface area contributed by atoms with E-state index in [0.717, 1.165) is 30.8 Å². The van der Waals surface area contributed by atoms with Gasteiger partial charge in [-0.3, -0.25) is 4.79 Å². The summed E-state index contributed by atoms with van der Waals surface area (Å²) in [4.78, 5) is 12.2. The van der Waals surface area contributed by atoms with Gasteiger partial charge in [-0.15, -0.1) is 0 Å². The Morgan fingerprint density at radius 3 is 3.00 bits per heavy atom. The van der Waals surface area contributed by atoms with Crippen LogP contribution < -0.4 is 10.9 Å². The second-order valence-electron chi connectivity index (χ2n) is 5.25. The normalized spacial score (nSPS) is 27.6. The minimum Gasteiger partial charge on any atom is -0.316 e. The van der Waals surface area contributed by atoms with Crippen LogP contribution in [0.15, 0.2) is 10.9 Å². The summed E-state index contributed by atoms with van der Waals surface area (Å²) in [6.45, 7) is 6.97. The Labute approximate surface area is 95.5 Å². The number of fused-ring (bicyclic) bond motifs is 4. The van der Waals surface area contributed by atoms with Crippen LogP contribution >= 0.6 is 0 Å². The molecule has 0 saturated carbocycles. The van der Waals surface area contributed by atoms with E-state index in [1.165, 1.54) is 12.1 Å². The Balaban J connectivity index is 2.20. The highest BCUT2D eigenvalue weighted by Crippen LogP contribution is 2.32. The van der Waals surface area contributed by atoms with Gasteiger partial charge in [-0.25, -0.2) is 0 Å². The maximum Gasteiger partial charge on any atom is 0.253 e. The van der Waals surface area contributed by atoms with Crippen LogP contribution in [0.1, 0.15) is 29.2 Å². The molecule has 86 valence electrons. The molecular formula is C13H18N2O. The topological polar surface area (TPSA) is 34.0 Å². The number of nitrogens with zero attached hydrogens (tertiary/aromatic N) is 1. The van der Waals surface area contributed by atoms with Crippen molar-refractivity contribution in [1.82, 2.24) is 9.88 Å². The maximum absolute atomic E-state index is 12.2. The van der Waals surface area contributed by atoms with Crippen molar-refractivity contribution in [3.8, 4) is 0 Å². The molecule has 1 saturated heterocycles. The van der Waals surface area contributed by atoms with Gasteiger partial charge in [-0.1, -0.05) is 0 Å². The van der Waals surface area contributed by atoms with Gasteiger partial charge >= 0.3 is 0 Å². The summed E-state index contributed by atoms with van der Waals surface area (Å²) in [6.07, 6.45) is 1.24. The molecule has 0 radical (unpaired) electrons. The molecule has 1 fully saturated rings. The monoisotopic (exact) mass is 218 g/mol. The number of nitrogens with one attached hydrogen (secondary N) is 1. The largest absolute Gasteiger partial charge is 0.316 e.